The van der Waals surface area contributed by atoms with Crippen molar-refractivity contribution in [1.29, 1.82) is 0 Å². The SMILES string of the molecule is CN(C)CC1COc2ccc(N)cc2C1. The Labute approximate surface area is 90.8 Å². The summed E-state index contributed by atoms with van der Waals surface area (Å²) in [6.45, 7) is 1.88. The van der Waals surface area contributed by atoms with Crippen LogP contribution in [-0.2, 0) is 6.42 Å². The standard InChI is InChI=1S/C12H18N2O/c1-14(2)7-9-5-10-6-11(13)3-4-12(10)15-8-9/h3-4,6,9H,5,7-8,13H2,1-2H3. The van der Waals surface area contributed by atoms with E-state index in [1.165, 1.54) is 5.56 Å². The van der Waals surface area contributed by atoms with E-state index in [-0.39, 0.29) is 0 Å². The molecule has 0 saturated heterocycles. The highest BCUT2D eigenvalue weighted by Crippen LogP contribution is 2.29. The van der Waals surface area contributed by atoms with E-state index in [0.717, 1.165) is 31.0 Å². The van der Waals surface area contributed by atoms with Crippen LogP contribution in [0.4, 0.5) is 5.69 Å². The van der Waals surface area contributed by atoms with Gasteiger partial charge >= 0.3 is 0 Å². The third-order valence-electron chi connectivity index (χ3n) is 2.69. The molecule has 0 aromatic heterocycles. The third-order valence-corrected chi connectivity index (χ3v) is 2.69. The van der Waals surface area contributed by atoms with Gasteiger partial charge in [-0.3, -0.25) is 0 Å². The molecule has 3 nitrogen and oxygen atoms in total. The Morgan fingerprint density at radius 3 is 3.00 bits per heavy atom. The number of fused-ring (bicyclic) bond motifs is 1. The number of nitrogen functional groups attached to an aromatic ring is 1. The van der Waals surface area contributed by atoms with Gasteiger partial charge in [-0.25, -0.2) is 0 Å². The topological polar surface area (TPSA) is 38.5 Å². The van der Waals surface area contributed by atoms with Crippen molar-refractivity contribution in [3.63, 3.8) is 0 Å². The maximum absolute atomic E-state index is 5.76. The summed E-state index contributed by atoms with van der Waals surface area (Å²) in [6, 6.07) is 5.89. The summed E-state index contributed by atoms with van der Waals surface area (Å²) in [7, 11) is 4.18. The molecule has 1 aliphatic rings. The van der Waals surface area contributed by atoms with E-state index in [1.807, 2.05) is 18.2 Å². The lowest BCUT2D eigenvalue weighted by molar-refractivity contribution is 0.188. The van der Waals surface area contributed by atoms with Gasteiger partial charge in [0.05, 0.1) is 6.61 Å². The molecule has 1 atom stereocenters. The summed E-state index contributed by atoms with van der Waals surface area (Å²) in [5.74, 6) is 1.58. The van der Waals surface area contributed by atoms with Crippen molar-refractivity contribution in [2.45, 2.75) is 6.42 Å². The molecule has 0 fully saturated rings. The highest BCUT2D eigenvalue weighted by atomic mass is 16.5. The molecule has 3 heteroatoms. The minimum atomic E-state index is 0.578. The molecule has 15 heavy (non-hydrogen) atoms. The van der Waals surface area contributed by atoms with E-state index in [9.17, 15) is 0 Å². The summed E-state index contributed by atoms with van der Waals surface area (Å²) in [5, 5.41) is 0. The average molecular weight is 206 g/mol. The molecule has 1 aliphatic heterocycles. The van der Waals surface area contributed by atoms with Crippen LogP contribution in [0.3, 0.4) is 0 Å². The molecule has 1 unspecified atom stereocenters. The zero-order valence-corrected chi connectivity index (χ0v) is 9.36. The van der Waals surface area contributed by atoms with Crippen molar-refractivity contribution >= 4 is 5.69 Å². The molecule has 0 bridgehead atoms. The van der Waals surface area contributed by atoms with Gasteiger partial charge in [0.1, 0.15) is 5.75 Å². The van der Waals surface area contributed by atoms with Crippen molar-refractivity contribution in [3.05, 3.63) is 23.8 Å². The van der Waals surface area contributed by atoms with E-state index in [0.29, 0.717) is 5.92 Å². The zero-order chi connectivity index (χ0) is 10.8. The Balaban J connectivity index is 2.11. The Hall–Kier alpha value is -1.22. The van der Waals surface area contributed by atoms with Crippen LogP contribution in [0.15, 0.2) is 18.2 Å². The Kier molecular flexibility index (Phi) is 2.82. The first-order valence-electron chi connectivity index (χ1n) is 5.31. The van der Waals surface area contributed by atoms with Crippen LogP contribution >= 0.6 is 0 Å². The molecule has 0 spiro atoms. The fourth-order valence-electron chi connectivity index (χ4n) is 2.11. The molecule has 1 heterocycles. The second kappa shape index (κ2) is 4.11. The first-order valence-corrected chi connectivity index (χ1v) is 5.31. The molecule has 2 rings (SSSR count). The second-order valence-corrected chi connectivity index (χ2v) is 4.51. The van der Waals surface area contributed by atoms with Gasteiger partial charge in [-0.15, -0.1) is 0 Å². The van der Waals surface area contributed by atoms with Gasteiger partial charge in [0, 0.05) is 18.2 Å². The maximum Gasteiger partial charge on any atom is 0.122 e. The van der Waals surface area contributed by atoms with Crippen molar-refractivity contribution in [2.75, 3.05) is 33.0 Å². The molecule has 0 radical (unpaired) electrons. The number of nitrogens with zero attached hydrogens (tertiary/aromatic N) is 1. The van der Waals surface area contributed by atoms with Gasteiger partial charge in [-0.2, -0.15) is 0 Å². The second-order valence-electron chi connectivity index (χ2n) is 4.51. The monoisotopic (exact) mass is 206 g/mol. The number of benzene rings is 1. The Morgan fingerprint density at radius 1 is 1.47 bits per heavy atom. The van der Waals surface area contributed by atoms with Crippen molar-refractivity contribution in [3.8, 4) is 5.75 Å². The lowest BCUT2D eigenvalue weighted by Gasteiger charge is -2.27. The first-order chi connectivity index (χ1) is 7.15. The molecule has 1 aromatic rings. The summed E-state index contributed by atoms with van der Waals surface area (Å²) in [6.07, 6.45) is 1.07. The fraction of sp³-hybridized carbons (Fsp3) is 0.500. The molecule has 0 saturated carbocycles. The van der Waals surface area contributed by atoms with E-state index in [1.54, 1.807) is 0 Å². The summed E-state index contributed by atoms with van der Waals surface area (Å²) >= 11 is 0. The molecular formula is C12H18N2O. The van der Waals surface area contributed by atoms with Gasteiger partial charge in [0.25, 0.3) is 0 Å². The lowest BCUT2D eigenvalue weighted by atomic mass is 9.96. The van der Waals surface area contributed by atoms with Crippen molar-refractivity contribution in [2.24, 2.45) is 5.92 Å². The largest absolute Gasteiger partial charge is 0.493 e. The summed E-state index contributed by atoms with van der Waals surface area (Å²) in [4.78, 5) is 2.20. The molecule has 0 amide bonds. The van der Waals surface area contributed by atoms with E-state index in [2.05, 4.69) is 19.0 Å². The van der Waals surface area contributed by atoms with Gasteiger partial charge < -0.3 is 15.4 Å². The van der Waals surface area contributed by atoms with E-state index < -0.39 is 0 Å². The molecular weight excluding hydrogens is 188 g/mol. The number of hydrogen-bond acceptors (Lipinski definition) is 3. The van der Waals surface area contributed by atoms with Crippen LogP contribution in [0.2, 0.25) is 0 Å². The van der Waals surface area contributed by atoms with Gasteiger partial charge in [-0.05, 0) is 44.3 Å². The molecule has 1 aromatic carbocycles. The van der Waals surface area contributed by atoms with Crippen LogP contribution in [0, 0.1) is 5.92 Å². The number of nitrogens with two attached hydrogens (primary N) is 1. The number of ether oxygens (including phenoxy) is 1. The minimum Gasteiger partial charge on any atom is -0.493 e. The van der Waals surface area contributed by atoms with Gasteiger partial charge in [0.2, 0.25) is 0 Å². The summed E-state index contributed by atoms with van der Waals surface area (Å²) in [5.41, 5.74) is 7.83. The third kappa shape index (κ3) is 2.42. The van der Waals surface area contributed by atoms with Crippen LogP contribution in [0.5, 0.6) is 5.75 Å². The van der Waals surface area contributed by atoms with Gasteiger partial charge in [-0.1, -0.05) is 0 Å². The highest BCUT2D eigenvalue weighted by Gasteiger charge is 2.20. The quantitative estimate of drug-likeness (QED) is 0.743. The Bertz CT molecular complexity index is 349. The van der Waals surface area contributed by atoms with Crippen molar-refractivity contribution < 1.29 is 4.74 Å². The summed E-state index contributed by atoms with van der Waals surface area (Å²) < 4.78 is 5.71. The molecule has 82 valence electrons. The number of anilines is 1. The van der Waals surface area contributed by atoms with Crippen LogP contribution in [0.1, 0.15) is 5.56 Å². The maximum atomic E-state index is 5.76. The first kappa shape index (κ1) is 10.3. The smallest absolute Gasteiger partial charge is 0.122 e. The lowest BCUT2D eigenvalue weighted by Crippen LogP contribution is -2.30. The van der Waals surface area contributed by atoms with E-state index >= 15 is 0 Å². The normalized spacial score (nSPS) is 19.8. The predicted molar refractivity (Wildman–Crippen MR) is 62.1 cm³/mol. The van der Waals surface area contributed by atoms with E-state index in [4.69, 9.17) is 10.5 Å². The minimum absolute atomic E-state index is 0.578. The Morgan fingerprint density at radius 2 is 2.27 bits per heavy atom. The number of rotatable bonds is 2. The predicted octanol–water partition coefficient (Wildman–Crippen LogP) is 1.38. The van der Waals surface area contributed by atoms with Crippen LogP contribution in [-0.4, -0.2) is 32.1 Å². The molecule has 2 N–H and O–H groups in total. The van der Waals surface area contributed by atoms with Gasteiger partial charge in [0.15, 0.2) is 0 Å². The number of hydrogen-bond donors (Lipinski definition) is 1. The van der Waals surface area contributed by atoms with Crippen LogP contribution in [0.25, 0.3) is 0 Å². The van der Waals surface area contributed by atoms with Crippen LogP contribution < -0.4 is 10.5 Å². The van der Waals surface area contributed by atoms with Crippen molar-refractivity contribution in [1.82, 2.24) is 4.90 Å². The zero-order valence-electron chi connectivity index (χ0n) is 9.36. The fourth-order valence-corrected chi connectivity index (χ4v) is 2.11. The molecule has 0 aliphatic carbocycles. The highest BCUT2D eigenvalue weighted by molar-refractivity contribution is 5.48. The average Bonchev–Trinajstić information content (AvgIpc) is 2.16.